The van der Waals surface area contributed by atoms with E-state index in [9.17, 15) is 0 Å². The van der Waals surface area contributed by atoms with Gasteiger partial charge in [-0.2, -0.15) is 19.6 Å². The minimum Gasteiger partial charge on any atom is -0.368 e. The van der Waals surface area contributed by atoms with Crippen LogP contribution in [0.3, 0.4) is 0 Å². The molecule has 0 radical (unpaired) electrons. The van der Waals surface area contributed by atoms with E-state index in [1.54, 1.807) is 0 Å². The van der Waals surface area contributed by atoms with Crippen LogP contribution in [0.1, 0.15) is 0 Å². The van der Waals surface area contributed by atoms with Gasteiger partial charge in [-0.25, -0.2) is 0 Å². The van der Waals surface area contributed by atoms with Crippen molar-refractivity contribution < 1.29 is 0 Å². The van der Waals surface area contributed by atoms with Crippen LogP contribution in [0.5, 0.6) is 0 Å². The zero-order valence-electron chi connectivity index (χ0n) is 8.91. The quantitative estimate of drug-likeness (QED) is 0.644. The van der Waals surface area contributed by atoms with Crippen LogP contribution >= 0.6 is 0 Å². The maximum absolute atomic E-state index is 5.72. The fourth-order valence-corrected chi connectivity index (χ4v) is 1.68. The number of nitrogen functional groups attached to an aromatic ring is 2. The standard InChI is InChI=1S/C11H10N6/c12-10-14-9-6-8(7-4-2-1-3-5-7)16-17(9)11(13)15-10/h1-6H,(H4,12,13,14,15). The van der Waals surface area contributed by atoms with Crippen molar-refractivity contribution in [3.63, 3.8) is 0 Å². The molecule has 0 fully saturated rings. The molecule has 4 N–H and O–H groups in total. The van der Waals surface area contributed by atoms with Gasteiger partial charge in [-0.1, -0.05) is 30.3 Å². The van der Waals surface area contributed by atoms with E-state index in [2.05, 4.69) is 15.1 Å². The monoisotopic (exact) mass is 226 g/mol. The largest absolute Gasteiger partial charge is 0.368 e. The number of anilines is 2. The van der Waals surface area contributed by atoms with E-state index in [1.165, 1.54) is 4.52 Å². The first-order chi connectivity index (χ1) is 8.24. The summed E-state index contributed by atoms with van der Waals surface area (Å²) < 4.78 is 1.47. The summed E-state index contributed by atoms with van der Waals surface area (Å²) in [4.78, 5) is 7.92. The van der Waals surface area contributed by atoms with Crippen molar-refractivity contribution in [2.45, 2.75) is 0 Å². The highest BCUT2D eigenvalue weighted by atomic mass is 15.3. The summed E-state index contributed by atoms with van der Waals surface area (Å²) in [6.07, 6.45) is 0. The summed E-state index contributed by atoms with van der Waals surface area (Å²) >= 11 is 0. The van der Waals surface area contributed by atoms with E-state index >= 15 is 0 Å². The summed E-state index contributed by atoms with van der Waals surface area (Å²) in [6, 6.07) is 11.6. The first-order valence-electron chi connectivity index (χ1n) is 5.08. The van der Waals surface area contributed by atoms with E-state index in [0.717, 1.165) is 11.3 Å². The number of rotatable bonds is 1. The Morgan fingerprint density at radius 1 is 1.00 bits per heavy atom. The summed E-state index contributed by atoms with van der Waals surface area (Å²) in [6.45, 7) is 0. The van der Waals surface area contributed by atoms with E-state index in [4.69, 9.17) is 11.5 Å². The van der Waals surface area contributed by atoms with Gasteiger partial charge in [0.1, 0.15) is 0 Å². The van der Waals surface area contributed by atoms with Gasteiger partial charge in [0.25, 0.3) is 0 Å². The fraction of sp³-hybridized carbons (Fsp3) is 0. The average Bonchev–Trinajstić information content (AvgIpc) is 2.74. The van der Waals surface area contributed by atoms with Crippen molar-refractivity contribution in [1.82, 2.24) is 19.6 Å². The fourth-order valence-electron chi connectivity index (χ4n) is 1.68. The normalized spacial score (nSPS) is 10.8. The SMILES string of the molecule is Nc1nc(N)n2nc(-c3ccccc3)cc2n1. The van der Waals surface area contributed by atoms with Crippen molar-refractivity contribution in [3.05, 3.63) is 36.4 Å². The molecular weight excluding hydrogens is 216 g/mol. The molecule has 0 saturated heterocycles. The number of benzene rings is 1. The number of nitrogens with zero attached hydrogens (tertiary/aromatic N) is 4. The van der Waals surface area contributed by atoms with Crippen molar-refractivity contribution in [1.29, 1.82) is 0 Å². The first kappa shape index (κ1) is 9.59. The number of hydrogen-bond donors (Lipinski definition) is 2. The summed E-state index contributed by atoms with van der Waals surface area (Å²) in [5, 5.41) is 4.33. The van der Waals surface area contributed by atoms with Crippen LogP contribution in [0.25, 0.3) is 16.9 Å². The lowest BCUT2D eigenvalue weighted by Crippen LogP contribution is -2.06. The molecule has 0 spiro atoms. The van der Waals surface area contributed by atoms with Crippen molar-refractivity contribution in [3.8, 4) is 11.3 Å². The summed E-state index contributed by atoms with van der Waals surface area (Å²) in [5.41, 5.74) is 13.6. The van der Waals surface area contributed by atoms with E-state index in [-0.39, 0.29) is 11.9 Å². The molecule has 17 heavy (non-hydrogen) atoms. The third kappa shape index (κ3) is 1.55. The van der Waals surface area contributed by atoms with Gasteiger partial charge in [-0.15, -0.1) is 0 Å². The molecule has 84 valence electrons. The molecule has 1 aromatic carbocycles. The number of fused-ring (bicyclic) bond motifs is 1. The van der Waals surface area contributed by atoms with Gasteiger partial charge in [0.05, 0.1) is 5.69 Å². The molecule has 0 aliphatic rings. The Morgan fingerprint density at radius 2 is 1.76 bits per heavy atom. The Labute approximate surface area is 96.9 Å². The third-order valence-electron chi connectivity index (χ3n) is 2.44. The Morgan fingerprint density at radius 3 is 2.53 bits per heavy atom. The van der Waals surface area contributed by atoms with Gasteiger partial charge in [0.15, 0.2) is 5.65 Å². The van der Waals surface area contributed by atoms with Crippen molar-refractivity contribution in [2.75, 3.05) is 11.5 Å². The topological polar surface area (TPSA) is 95.1 Å². The number of aromatic nitrogens is 4. The van der Waals surface area contributed by atoms with E-state index in [0.29, 0.717) is 5.65 Å². The lowest BCUT2D eigenvalue weighted by Gasteiger charge is -1.97. The van der Waals surface area contributed by atoms with Crippen LogP contribution in [0.2, 0.25) is 0 Å². The van der Waals surface area contributed by atoms with Gasteiger partial charge in [-0.3, -0.25) is 0 Å². The number of hydrogen-bond acceptors (Lipinski definition) is 5. The molecule has 2 aromatic heterocycles. The predicted molar refractivity (Wildman–Crippen MR) is 65.0 cm³/mol. The van der Waals surface area contributed by atoms with Gasteiger partial charge in [0, 0.05) is 11.6 Å². The van der Waals surface area contributed by atoms with Crippen LogP contribution in [0, 0.1) is 0 Å². The Bertz CT molecular complexity index is 673. The van der Waals surface area contributed by atoms with E-state index in [1.807, 2.05) is 36.4 Å². The lowest BCUT2D eigenvalue weighted by atomic mass is 10.2. The zero-order chi connectivity index (χ0) is 11.8. The minimum atomic E-state index is 0.148. The Hall–Kier alpha value is -2.63. The van der Waals surface area contributed by atoms with Gasteiger partial charge >= 0.3 is 0 Å². The number of nitrogens with two attached hydrogens (primary N) is 2. The highest BCUT2D eigenvalue weighted by Crippen LogP contribution is 2.19. The maximum Gasteiger partial charge on any atom is 0.226 e. The highest BCUT2D eigenvalue weighted by molar-refractivity contribution is 5.65. The molecule has 3 aromatic rings. The first-order valence-corrected chi connectivity index (χ1v) is 5.08. The van der Waals surface area contributed by atoms with Gasteiger partial charge < -0.3 is 11.5 Å². The van der Waals surface area contributed by atoms with Crippen LogP contribution in [-0.4, -0.2) is 19.6 Å². The average molecular weight is 226 g/mol. The maximum atomic E-state index is 5.72. The molecule has 0 aliphatic carbocycles. The summed E-state index contributed by atoms with van der Waals surface area (Å²) in [5.74, 6) is 0.379. The molecule has 3 rings (SSSR count). The molecule has 6 nitrogen and oxygen atoms in total. The van der Waals surface area contributed by atoms with Crippen LogP contribution in [-0.2, 0) is 0 Å². The lowest BCUT2D eigenvalue weighted by molar-refractivity contribution is 0.918. The zero-order valence-corrected chi connectivity index (χ0v) is 8.91. The summed E-state index contributed by atoms with van der Waals surface area (Å²) in [7, 11) is 0. The molecule has 0 bridgehead atoms. The molecule has 0 saturated carbocycles. The second-order valence-electron chi connectivity index (χ2n) is 3.61. The van der Waals surface area contributed by atoms with Crippen LogP contribution in [0.4, 0.5) is 11.9 Å². The van der Waals surface area contributed by atoms with Gasteiger partial charge in [-0.05, 0) is 0 Å². The van der Waals surface area contributed by atoms with Crippen LogP contribution in [0.15, 0.2) is 36.4 Å². The van der Waals surface area contributed by atoms with Crippen molar-refractivity contribution in [2.24, 2.45) is 0 Å². The van der Waals surface area contributed by atoms with Gasteiger partial charge in [0.2, 0.25) is 11.9 Å². The molecule has 0 aliphatic heterocycles. The highest BCUT2D eigenvalue weighted by Gasteiger charge is 2.08. The van der Waals surface area contributed by atoms with Crippen LogP contribution < -0.4 is 11.5 Å². The molecule has 0 amide bonds. The Kier molecular flexibility index (Phi) is 1.94. The Balaban J connectivity index is 2.24. The van der Waals surface area contributed by atoms with Crippen molar-refractivity contribution >= 4 is 17.5 Å². The molecule has 2 heterocycles. The van der Waals surface area contributed by atoms with E-state index < -0.39 is 0 Å². The minimum absolute atomic E-state index is 0.148. The second kappa shape index (κ2) is 3.44. The smallest absolute Gasteiger partial charge is 0.226 e. The molecule has 6 heteroatoms. The predicted octanol–water partition coefficient (Wildman–Crippen LogP) is 0.956. The molecule has 0 unspecified atom stereocenters. The third-order valence-corrected chi connectivity index (χ3v) is 2.44. The molecular formula is C11H10N6. The molecule has 0 atom stereocenters. The second-order valence-corrected chi connectivity index (χ2v) is 3.61.